The monoisotopic (exact) mass is 397 g/mol. The maximum Gasteiger partial charge on any atom is 0.397 e. The number of hydrogen-bond acceptors (Lipinski definition) is 4. The van der Waals surface area contributed by atoms with Gasteiger partial charge < -0.3 is 0 Å². The molecule has 0 amide bonds. The molecule has 0 aliphatic heterocycles. The van der Waals surface area contributed by atoms with E-state index in [4.69, 9.17) is 14.3 Å². The predicted octanol–water partition coefficient (Wildman–Crippen LogP) is 4.90. The third-order valence-corrected chi connectivity index (χ3v) is 9.53. The fourth-order valence-electron chi connectivity index (χ4n) is 7.70. The zero-order valence-corrected chi connectivity index (χ0v) is 17.1. The SMILES string of the molecule is C[C@]12CCC3C(CC[C@@H]4CC(OS(=O)(=O)O)CC[C@]34C)C1CC[C@H]2N=[N+]=[N-]. The van der Waals surface area contributed by atoms with Crippen molar-refractivity contribution in [2.45, 2.75) is 83.8 Å². The van der Waals surface area contributed by atoms with Crippen LogP contribution in [0.3, 0.4) is 0 Å². The molecule has 0 bridgehead atoms. The van der Waals surface area contributed by atoms with Crippen molar-refractivity contribution in [3.8, 4) is 0 Å². The molecule has 27 heavy (non-hydrogen) atoms. The van der Waals surface area contributed by atoms with Crippen LogP contribution in [-0.4, -0.2) is 25.1 Å². The highest BCUT2D eigenvalue weighted by molar-refractivity contribution is 7.80. The standard InChI is InChI=1S/C19H31N3O4S/c1-18-9-7-13(26-27(23,24)25)11-12(18)3-4-14-15-5-6-17(21-22-20)19(15,2)10-8-16(14)18/h12-17H,3-11H2,1-2H3,(H,23,24,25)/t12-,13?,14?,15?,16?,17-,18+,19+/m1/s1. The van der Waals surface area contributed by atoms with E-state index in [9.17, 15) is 8.42 Å². The Balaban J connectivity index is 1.53. The second kappa shape index (κ2) is 6.61. The minimum atomic E-state index is -4.38. The van der Waals surface area contributed by atoms with E-state index in [-0.39, 0.29) is 23.0 Å². The van der Waals surface area contributed by atoms with Gasteiger partial charge in [-0.25, -0.2) is 4.18 Å². The Kier molecular flexibility index (Phi) is 4.78. The van der Waals surface area contributed by atoms with E-state index in [0.717, 1.165) is 38.5 Å². The molecule has 152 valence electrons. The minimum absolute atomic E-state index is 0.137. The van der Waals surface area contributed by atoms with Gasteiger partial charge in [-0.3, -0.25) is 4.55 Å². The normalized spacial score (nSPS) is 49.4. The summed E-state index contributed by atoms with van der Waals surface area (Å²) in [4.78, 5) is 3.12. The van der Waals surface area contributed by atoms with Gasteiger partial charge in [0.25, 0.3) is 0 Å². The van der Waals surface area contributed by atoms with E-state index in [0.29, 0.717) is 30.1 Å². The minimum Gasteiger partial charge on any atom is -0.264 e. The van der Waals surface area contributed by atoms with Gasteiger partial charge in [0.15, 0.2) is 0 Å². The highest BCUT2D eigenvalue weighted by Gasteiger charge is 2.60. The molecular weight excluding hydrogens is 366 g/mol. The van der Waals surface area contributed by atoms with Crippen molar-refractivity contribution in [3.63, 3.8) is 0 Å². The summed E-state index contributed by atoms with van der Waals surface area (Å²) in [5, 5.41) is 4.14. The van der Waals surface area contributed by atoms with Gasteiger partial charge in [0, 0.05) is 11.0 Å². The van der Waals surface area contributed by atoms with Gasteiger partial charge in [-0.1, -0.05) is 19.0 Å². The summed E-state index contributed by atoms with van der Waals surface area (Å²) in [5.41, 5.74) is 9.31. The maximum atomic E-state index is 11.1. The third-order valence-electron chi connectivity index (χ3n) is 9.02. The van der Waals surface area contributed by atoms with E-state index in [1.54, 1.807) is 0 Å². The van der Waals surface area contributed by atoms with Crippen LogP contribution in [0.25, 0.3) is 10.4 Å². The van der Waals surface area contributed by atoms with Crippen LogP contribution in [0.5, 0.6) is 0 Å². The molecule has 4 saturated carbocycles. The molecule has 1 N–H and O–H groups in total. The topological polar surface area (TPSA) is 112 Å². The quantitative estimate of drug-likeness (QED) is 0.316. The molecule has 0 radical (unpaired) electrons. The van der Waals surface area contributed by atoms with Crippen LogP contribution in [0.1, 0.15) is 71.6 Å². The van der Waals surface area contributed by atoms with Crippen molar-refractivity contribution in [3.05, 3.63) is 10.4 Å². The van der Waals surface area contributed by atoms with Gasteiger partial charge >= 0.3 is 10.4 Å². The lowest BCUT2D eigenvalue weighted by molar-refractivity contribution is -0.119. The first-order valence-corrected chi connectivity index (χ1v) is 11.7. The van der Waals surface area contributed by atoms with Crippen molar-refractivity contribution in [2.24, 2.45) is 39.6 Å². The molecule has 7 nitrogen and oxygen atoms in total. The molecule has 8 atom stereocenters. The highest BCUT2D eigenvalue weighted by atomic mass is 32.3. The average Bonchev–Trinajstić information content (AvgIpc) is 2.91. The number of rotatable bonds is 3. The number of fused-ring (bicyclic) bond motifs is 5. The molecule has 0 aromatic carbocycles. The van der Waals surface area contributed by atoms with E-state index >= 15 is 0 Å². The highest BCUT2D eigenvalue weighted by Crippen LogP contribution is 2.66. The van der Waals surface area contributed by atoms with Crippen LogP contribution in [0.15, 0.2) is 5.11 Å². The summed E-state index contributed by atoms with van der Waals surface area (Å²) in [6.45, 7) is 4.74. The number of nitrogens with zero attached hydrogens (tertiary/aromatic N) is 3. The fourth-order valence-corrected chi connectivity index (χ4v) is 8.22. The van der Waals surface area contributed by atoms with Crippen LogP contribution in [0.4, 0.5) is 0 Å². The van der Waals surface area contributed by atoms with Crippen molar-refractivity contribution in [1.29, 1.82) is 0 Å². The van der Waals surface area contributed by atoms with Crippen molar-refractivity contribution >= 4 is 10.4 Å². The summed E-state index contributed by atoms with van der Waals surface area (Å²) >= 11 is 0. The fraction of sp³-hybridized carbons (Fsp3) is 1.00. The van der Waals surface area contributed by atoms with Crippen molar-refractivity contribution in [2.75, 3.05) is 0 Å². The van der Waals surface area contributed by atoms with Crippen LogP contribution < -0.4 is 0 Å². The molecule has 4 aliphatic carbocycles. The molecular formula is C19H31N3O4S. The van der Waals surface area contributed by atoms with Crippen LogP contribution in [0.2, 0.25) is 0 Å². The Morgan fingerprint density at radius 2 is 1.74 bits per heavy atom. The van der Waals surface area contributed by atoms with Crippen molar-refractivity contribution < 1.29 is 17.2 Å². The molecule has 8 heteroatoms. The van der Waals surface area contributed by atoms with Gasteiger partial charge in [0.2, 0.25) is 0 Å². The molecule has 4 fully saturated rings. The van der Waals surface area contributed by atoms with Crippen LogP contribution in [-0.2, 0) is 14.6 Å². The Bertz CT molecular complexity index is 752. The van der Waals surface area contributed by atoms with E-state index in [1.165, 1.54) is 12.8 Å². The van der Waals surface area contributed by atoms with Gasteiger partial charge in [-0.2, -0.15) is 8.42 Å². The number of hydrogen-bond donors (Lipinski definition) is 1. The molecule has 0 saturated heterocycles. The molecule has 4 rings (SSSR count). The summed E-state index contributed by atoms with van der Waals surface area (Å²) in [6, 6.07) is 0.137. The second-order valence-electron chi connectivity index (χ2n) is 9.92. The molecule has 0 heterocycles. The van der Waals surface area contributed by atoms with Gasteiger partial charge in [0.05, 0.1) is 6.10 Å². The molecule has 0 aromatic rings. The summed E-state index contributed by atoms with van der Waals surface area (Å²) in [6.07, 6.45) is 8.74. The Labute approximate surface area is 161 Å². The van der Waals surface area contributed by atoms with Crippen LogP contribution >= 0.6 is 0 Å². The Morgan fingerprint density at radius 1 is 1.04 bits per heavy atom. The Hall–Kier alpha value is -0.820. The maximum absolute atomic E-state index is 11.1. The predicted molar refractivity (Wildman–Crippen MR) is 101 cm³/mol. The second-order valence-corrected chi connectivity index (χ2v) is 11.0. The van der Waals surface area contributed by atoms with E-state index in [2.05, 4.69) is 23.9 Å². The molecule has 0 aromatic heterocycles. The smallest absolute Gasteiger partial charge is 0.264 e. The van der Waals surface area contributed by atoms with Crippen LogP contribution in [0, 0.1) is 34.5 Å². The largest absolute Gasteiger partial charge is 0.397 e. The first-order valence-electron chi connectivity index (χ1n) is 10.4. The van der Waals surface area contributed by atoms with Crippen molar-refractivity contribution in [1.82, 2.24) is 0 Å². The Morgan fingerprint density at radius 3 is 2.44 bits per heavy atom. The lowest BCUT2D eigenvalue weighted by atomic mass is 9.45. The average molecular weight is 398 g/mol. The van der Waals surface area contributed by atoms with Gasteiger partial charge in [0.1, 0.15) is 0 Å². The lowest BCUT2D eigenvalue weighted by Gasteiger charge is -2.60. The first kappa shape index (κ1) is 19.5. The first-order chi connectivity index (χ1) is 12.7. The molecule has 0 spiro atoms. The molecule has 4 aliphatic rings. The molecule has 4 unspecified atom stereocenters. The van der Waals surface area contributed by atoms with Gasteiger partial charge in [-0.15, -0.1) is 0 Å². The van der Waals surface area contributed by atoms with E-state index < -0.39 is 10.4 Å². The van der Waals surface area contributed by atoms with Gasteiger partial charge in [-0.05, 0) is 97.8 Å². The summed E-state index contributed by atoms with van der Waals surface area (Å²) in [5.74, 6) is 2.43. The zero-order valence-electron chi connectivity index (χ0n) is 16.2. The zero-order chi connectivity index (χ0) is 19.4. The van der Waals surface area contributed by atoms with E-state index in [1.807, 2.05) is 0 Å². The lowest BCUT2D eigenvalue weighted by Crippen LogP contribution is -2.54. The third kappa shape index (κ3) is 3.18. The number of azide groups is 1. The summed E-state index contributed by atoms with van der Waals surface area (Å²) in [7, 11) is -4.38. The summed E-state index contributed by atoms with van der Waals surface area (Å²) < 4.78 is 36.2.